The van der Waals surface area contributed by atoms with Crippen molar-refractivity contribution in [2.45, 2.75) is 12.8 Å². The zero-order valence-electron chi connectivity index (χ0n) is 7.19. The topological polar surface area (TPSA) is 57.8 Å². The van der Waals surface area contributed by atoms with Gasteiger partial charge in [0.1, 0.15) is 5.76 Å². The first-order chi connectivity index (χ1) is 6.17. The van der Waals surface area contributed by atoms with Gasteiger partial charge in [-0.3, -0.25) is 0 Å². The van der Waals surface area contributed by atoms with Gasteiger partial charge in [0.2, 0.25) is 5.85 Å². The Morgan fingerprint density at radius 1 is 1.62 bits per heavy atom. The minimum Gasteiger partial charge on any atom is -0.463 e. The van der Waals surface area contributed by atoms with Crippen molar-refractivity contribution in [3.63, 3.8) is 0 Å². The average Bonchev–Trinajstić information content (AvgIpc) is 2.53. The number of rotatable bonds is 1. The van der Waals surface area contributed by atoms with Crippen LogP contribution in [0.25, 0.3) is 5.70 Å². The predicted octanol–water partition coefficient (Wildman–Crippen LogP) is 0.961. The highest BCUT2D eigenvalue weighted by atomic mass is 16.3. The minimum atomic E-state index is -1.24. The lowest BCUT2D eigenvalue weighted by molar-refractivity contribution is 0.0504. The Morgan fingerprint density at radius 2 is 2.46 bits per heavy atom. The number of aliphatic hydroxyl groups is 1. The summed E-state index contributed by atoms with van der Waals surface area (Å²) < 4.78 is 5.16. The maximum Gasteiger partial charge on any atom is 0.231 e. The first kappa shape index (κ1) is 8.07. The van der Waals surface area contributed by atoms with Crippen LogP contribution < -0.4 is 5.32 Å². The second-order valence-electron chi connectivity index (χ2n) is 2.98. The highest BCUT2D eigenvalue weighted by Gasteiger charge is 2.22. The van der Waals surface area contributed by atoms with Gasteiger partial charge in [0.25, 0.3) is 0 Å². The average molecular weight is 178 g/mol. The van der Waals surface area contributed by atoms with E-state index in [1.54, 1.807) is 31.5 Å². The van der Waals surface area contributed by atoms with Crippen LogP contribution in [-0.4, -0.2) is 17.2 Å². The molecule has 4 nitrogen and oxygen atoms in total. The molecule has 0 aliphatic carbocycles. The van der Waals surface area contributed by atoms with Gasteiger partial charge in [-0.15, -0.1) is 0 Å². The van der Waals surface area contributed by atoms with Crippen LogP contribution in [-0.2, 0) is 0 Å². The second kappa shape index (κ2) is 2.74. The zero-order valence-corrected chi connectivity index (χ0v) is 7.19. The summed E-state index contributed by atoms with van der Waals surface area (Å²) >= 11 is 0. The van der Waals surface area contributed by atoms with Gasteiger partial charge in [0.05, 0.1) is 12.0 Å². The van der Waals surface area contributed by atoms with Crippen molar-refractivity contribution in [3.8, 4) is 0 Å². The molecule has 68 valence electrons. The highest BCUT2D eigenvalue weighted by molar-refractivity contribution is 5.84. The fourth-order valence-electron chi connectivity index (χ4n) is 1.16. The van der Waals surface area contributed by atoms with E-state index in [2.05, 4.69) is 10.3 Å². The molecular formula is C9H10N2O2. The van der Waals surface area contributed by atoms with Crippen molar-refractivity contribution in [1.29, 1.82) is 0 Å². The fraction of sp³-hybridized carbons (Fsp3) is 0.222. The lowest BCUT2D eigenvalue weighted by Gasteiger charge is -2.24. The number of furan rings is 1. The monoisotopic (exact) mass is 178 g/mol. The Hall–Kier alpha value is -1.55. The van der Waals surface area contributed by atoms with Crippen molar-refractivity contribution in [2.75, 3.05) is 0 Å². The maximum atomic E-state index is 9.55. The molecule has 0 bridgehead atoms. The molecule has 1 aliphatic heterocycles. The fourth-order valence-corrected chi connectivity index (χ4v) is 1.16. The van der Waals surface area contributed by atoms with Crippen molar-refractivity contribution in [2.24, 2.45) is 4.99 Å². The third kappa shape index (κ3) is 1.62. The molecule has 0 saturated heterocycles. The van der Waals surface area contributed by atoms with Gasteiger partial charge >= 0.3 is 0 Å². The Kier molecular flexibility index (Phi) is 1.70. The molecular weight excluding hydrogens is 168 g/mol. The second-order valence-corrected chi connectivity index (χ2v) is 2.98. The summed E-state index contributed by atoms with van der Waals surface area (Å²) in [5, 5.41) is 12.4. The molecule has 1 unspecified atom stereocenters. The number of nitrogens with one attached hydrogen (secondary N) is 1. The summed E-state index contributed by atoms with van der Waals surface area (Å²) in [4.78, 5) is 3.82. The predicted molar refractivity (Wildman–Crippen MR) is 48.9 cm³/mol. The lowest BCUT2D eigenvalue weighted by atomic mass is 10.2. The number of allylic oxidation sites excluding steroid dienone is 1. The summed E-state index contributed by atoms with van der Waals surface area (Å²) in [6.07, 6.45) is 4.88. The molecule has 2 heterocycles. The van der Waals surface area contributed by atoms with E-state index in [0.29, 0.717) is 5.76 Å². The molecule has 1 aromatic rings. The molecule has 1 aromatic heterocycles. The summed E-state index contributed by atoms with van der Waals surface area (Å²) in [7, 11) is 0. The largest absolute Gasteiger partial charge is 0.463 e. The first-order valence-electron chi connectivity index (χ1n) is 3.97. The number of aliphatic imine (C=N–C) groups is 1. The molecule has 0 amide bonds. The molecule has 2 N–H and O–H groups in total. The van der Waals surface area contributed by atoms with Crippen molar-refractivity contribution < 1.29 is 9.52 Å². The number of hydrogen-bond acceptors (Lipinski definition) is 4. The Balaban J connectivity index is 2.28. The molecule has 0 radical (unpaired) electrons. The molecule has 4 heteroatoms. The van der Waals surface area contributed by atoms with Crippen molar-refractivity contribution in [1.82, 2.24) is 5.32 Å². The lowest BCUT2D eigenvalue weighted by Crippen LogP contribution is -2.40. The van der Waals surface area contributed by atoms with Gasteiger partial charge < -0.3 is 14.8 Å². The van der Waals surface area contributed by atoms with E-state index in [0.717, 1.165) is 5.70 Å². The van der Waals surface area contributed by atoms with Crippen LogP contribution in [0, 0.1) is 0 Å². The van der Waals surface area contributed by atoms with E-state index >= 15 is 0 Å². The summed E-state index contributed by atoms with van der Waals surface area (Å²) in [5.41, 5.74) is 0.727. The SMILES string of the molecule is CC1(O)N=CC=C(c2ccco2)N1. The van der Waals surface area contributed by atoms with Crippen LogP contribution in [0.15, 0.2) is 33.9 Å². The van der Waals surface area contributed by atoms with Gasteiger partial charge in [-0.25, -0.2) is 4.99 Å². The maximum absolute atomic E-state index is 9.55. The minimum absolute atomic E-state index is 0.687. The standard InChI is InChI=1S/C9H10N2O2/c1-9(12)10-5-4-7(11-9)8-3-2-6-13-8/h2-6,11-12H,1H3. The van der Waals surface area contributed by atoms with E-state index in [9.17, 15) is 5.11 Å². The van der Waals surface area contributed by atoms with Gasteiger partial charge in [-0.1, -0.05) is 0 Å². The van der Waals surface area contributed by atoms with Crippen LogP contribution in [0.5, 0.6) is 0 Å². The van der Waals surface area contributed by atoms with Crippen LogP contribution in [0.1, 0.15) is 12.7 Å². The smallest absolute Gasteiger partial charge is 0.231 e. The Labute approximate surface area is 75.6 Å². The molecule has 0 saturated carbocycles. The summed E-state index contributed by atoms with van der Waals surface area (Å²) in [6.45, 7) is 1.57. The molecule has 1 atom stereocenters. The van der Waals surface area contributed by atoms with Crippen molar-refractivity contribution >= 4 is 11.9 Å². The van der Waals surface area contributed by atoms with Gasteiger partial charge in [0.15, 0.2) is 0 Å². The molecule has 2 rings (SSSR count). The van der Waals surface area contributed by atoms with E-state index in [1.165, 1.54) is 0 Å². The summed E-state index contributed by atoms with van der Waals surface area (Å²) in [5.74, 6) is -0.553. The number of nitrogens with zero attached hydrogens (tertiary/aromatic N) is 1. The van der Waals surface area contributed by atoms with Crippen LogP contribution >= 0.6 is 0 Å². The number of hydrogen-bond donors (Lipinski definition) is 2. The Morgan fingerprint density at radius 3 is 3.08 bits per heavy atom. The first-order valence-corrected chi connectivity index (χ1v) is 3.97. The molecule has 13 heavy (non-hydrogen) atoms. The van der Waals surface area contributed by atoms with E-state index in [-0.39, 0.29) is 0 Å². The molecule has 0 fully saturated rings. The van der Waals surface area contributed by atoms with E-state index in [1.807, 2.05) is 6.07 Å². The van der Waals surface area contributed by atoms with Gasteiger partial charge in [-0.05, 0) is 18.2 Å². The van der Waals surface area contributed by atoms with E-state index in [4.69, 9.17) is 4.42 Å². The van der Waals surface area contributed by atoms with Crippen molar-refractivity contribution in [3.05, 3.63) is 30.2 Å². The van der Waals surface area contributed by atoms with Crippen LogP contribution in [0.4, 0.5) is 0 Å². The quantitative estimate of drug-likeness (QED) is 0.673. The molecule has 0 aromatic carbocycles. The van der Waals surface area contributed by atoms with Crippen LogP contribution in [0.2, 0.25) is 0 Å². The Bertz CT molecular complexity index is 350. The zero-order chi connectivity index (χ0) is 9.31. The third-order valence-corrected chi connectivity index (χ3v) is 1.73. The van der Waals surface area contributed by atoms with Crippen LogP contribution in [0.3, 0.4) is 0 Å². The van der Waals surface area contributed by atoms with Gasteiger partial charge in [-0.2, -0.15) is 0 Å². The van der Waals surface area contributed by atoms with E-state index < -0.39 is 5.85 Å². The third-order valence-electron chi connectivity index (χ3n) is 1.73. The molecule has 0 spiro atoms. The highest BCUT2D eigenvalue weighted by Crippen LogP contribution is 2.17. The molecule has 1 aliphatic rings. The normalized spacial score (nSPS) is 26.8. The summed E-state index contributed by atoms with van der Waals surface area (Å²) in [6, 6.07) is 3.60. The van der Waals surface area contributed by atoms with Gasteiger partial charge in [0, 0.05) is 13.1 Å².